The van der Waals surface area contributed by atoms with Gasteiger partial charge in [-0.15, -0.1) is 0 Å². The van der Waals surface area contributed by atoms with E-state index in [0.29, 0.717) is 0 Å². The number of hydrogen-bond acceptors (Lipinski definition) is 5. The van der Waals surface area contributed by atoms with E-state index in [1.165, 1.54) is 72.3 Å². The van der Waals surface area contributed by atoms with Crippen LogP contribution < -0.4 is 9.80 Å². The molecule has 1 atom stereocenters. The Hall–Kier alpha value is -12.3. The molecule has 0 bridgehead atoms. The summed E-state index contributed by atoms with van der Waals surface area (Å²) in [7, 11) is 0. The molecule has 15 aromatic rings. The highest BCUT2D eigenvalue weighted by molar-refractivity contribution is 6.04. The summed E-state index contributed by atoms with van der Waals surface area (Å²) < 4.78 is 2.30. The molecule has 0 saturated carbocycles. The lowest BCUT2D eigenvalue weighted by Crippen LogP contribution is -2.36. The van der Waals surface area contributed by atoms with Crippen LogP contribution in [0.25, 0.3) is 89.6 Å². The number of benzene rings is 13. The Balaban J connectivity index is 0.773. The normalized spacial score (nSPS) is 14.9. The molecule has 6 nitrogen and oxygen atoms in total. The molecule has 94 heavy (non-hydrogen) atoms. The zero-order valence-electron chi connectivity index (χ0n) is 51.5. The Kier molecular flexibility index (Phi) is 11.8. The van der Waals surface area contributed by atoms with Gasteiger partial charge in [0.25, 0.3) is 0 Å². The third-order valence-electron chi connectivity index (χ3n) is 20.4. The molecule has 0 N–H and O–H groups in total. The largest absolute Gasteiger partial charge is 0.310 e. The zero-order valence-corrected chi connectivity index (χ0v) is 51.5. The molecule has 13 aromatic carbocycles. The molecule has 2 aliphatic carbocycles. The van der Waals surface area contributed by atoms with Crippen LogP contribution in [-0.2, 0) is 10.8 Å². The number of nitrogens with zero attached hydrogens (tertiary/aromatic N) is 6. The summed E-state index contributed by atoms with van der Waals surface area (Å²) in [5.74, 6) is 0.917. The molecule has 2 spiro atoms. The standard InChI is InChI=1S/C88H58N6/c1-3-24-56-45-46-59-51-61(55-90-85(59)84(56)89-2)57-47-50-75-82(54-57)92(62-26-6-4-7-27-62)78-41-18-16-38-74(78)88(75)70-35-13-11-32-67(70)83-65(33-23-39-76(83)88)58-25-22-30-64(52-58)93-79-42-19-14-36-72(79)87(73-37-15-20-43-80(73)93)69-34-12-10-31-66(69)68-53-60(48-49-71(68)87)86-91-77-40-17-21-44-81(77)94(86)63-28-8-5-9-29-63/h3-55H,2H2,1H3/b24-3-. The van der Waals surface area contributed by atoms with Gasteiger partial charge in [0.2, 0.25) is 0 Å². The number of imidazole rings is 1. The molecule has 0 saturated heterocycles. The predicted octanol–water partition coefficient (Wildman–Crippen LogP) is 22.2. The van der Waals surface area contributed by atoms with Crippen molar-refractivity contribution in [2.45, 2.75) is 17.8 Å². The Morgan fingerprint density at radius 3 is 1.65 bits per heavy atom. The lowest BCUT2D eigenvalue weighted by molar-refractivity contribution is 0.752. The second-order valence-electron chi connectivity index (χ2n) is 25.0. The third-order valence-corrected chi connectivity index (χ3v) is 20.4. The lowest BCUT2D eigenvalue weighted by Gasteiger charge is -2.45. The molecular weight excluding hydrogens is 1140 g/mol. The molecular formula is C88H58N6. The van der Waals surface area contributed by atoms with Gasteiger partial charge >= 0.3 is 0 Å². The van der Waals surface area contributed by atoms with Gasteiger partial charge in [-0.2, -0.15) is 0 Å². The predicted molar refractivity (Wildman–Crippen MR) is 388 cm³/mol. The molecule has 0 radical (unpaired) electrons. The number of aromatic nitrogens is 3. The topological polar surface area (TPSA) is 49.5 Å². The fraction of sp³-hybridized carbons (Fsp3) is 0.0341. The molecule has 6 heteroatoms. The maximum Gasteiger partial charge on any atom is 0.145 e. The van der Waals surface area contributed by atoms with Crippen molar-refractivity contribution in [3.63, 3.8) is 0 Å². The second-order valence-corrected chi connectivity index (χ2v) is 25.0. The number of allylic oxidation sites excluding steroid dienone is 1. The van der Waals surface area contributed by atoms with Gasteiger partial charge in [-0.25, -0.2) is 4.98 Å². The summed E-state index contributed by atoms with van der Waals surface area (Å²) >= 11 is 0. The molecule has 2 aromatic heterocycles. The maximum absolute atomic E-state index is 5.35. The first-order valence-corrected chi connectivity index (χ1v) is 32.3. The average Bonchev–Trinajstić information content (AvgIpc) is 1.45. The minimum absolute atomic E-state index is 0.622. The Bertz CT molecular complexity index is 5650. The van der Waals surface area contributed by atoms with Crippen LogP contribution in [0.2, 0.25) is 0 Å². The lowest BCUT2D eigenvalue weighted by atomic mass is 9.64. The van der Waals surface area contributed by atoms with Gasteiger partial charge in [-0.05, 0) is 182 Å². The first kappa shape index (κ1) is 53.6. The summed E-state index contributed by atoms with van der Waals surface area (Å²) in [5, 5.41) is 1.01. The van der Waals surface area contributed by atoms with Gasteiger partial charge in [0.15, 0.2) is 0 Å². The van der Waals surface area contributed by atoms with Crippen molar-refractivity contribution in [2.24, 2.45) is 4.99 Å². The SMILES string of the molecule is C=Nc1c(/C=C\C)ccc2cc(-c3ccc4c(c3)N(c3ccccc3)c3ccccc3C43c4ccccc4-c4c(-c5cccc(N6c7ccccc7C7(c8ccccc8-c8cc(-c9nc%10ccccc%10n9-c9ccccc9)ccc87)c7ccccc76)c5)cccc43)cnc12. The van der Waals surface area contributed by atoms with Crippen LogP contribution in [0.5, 0.6) is 0 Å². The molecule has 4 aliphatic rings. The van der Waals surface area contributed by atoms with E-state index in [4.69, 9.17) is 9.97 Å². The van der Waals surface area contributed by atoms with E-state index in [1.807, 2.05) is 19.2 Å². The average molecular weight is 1200 g/mol. The van der Waals surface area contributed by atoms with Crippen molar-refractivity contribution in [1.29, 1.82) is 0 Å². The number of anilines is 6. The van der Waals surface area contributed by atoms with Gasteiger partial charge in [-0.3, -0.25) is 14.5 Å². The van der Waals surface area contributed by atoms with Crippen LogP contribution >= 0.6 is 0 Å². The van der Waals surface area contributed by atoms with Crippen LogP contribution in [0.15, 0.2) is 321 Å². The summed E-state index contributed by atoms with van der Waals surface area (Å²) in [4.78, 5) is 19.9. The quantitative estimate of drug-likeness (QED) is 0.142. The first-order valence-electron chi connectivity index (χ1n) is 32.3. The number of pyridine rings is 1. The molecule has 19 rings (SSSR count). The smallest absolute Gasteiger partial charge is 0.145 e. The highest BCUT2D eigenvalue weighted by Crippen LogP contribution is 2.67. The number of fused-ring (bicyclic) bond motifs is 20. The van der Waals surface area contributed by atoms with E-state index >= 15 is 0 Å². The molecule has 440 valence electrons. The van der Waals surface area contributed by atoms with Gasteiger partial charge in [0.1, 0.15) is 5.82 Å². The fourth-order valence-corrected chi connectivity index (χ4v) is 16.7. The molecule has 4 heterocycles. The van der Waals surface area contributed by atoms with Crippen molar-refractivity contribution in [3.8, 4) is 61.6 Å². The van der Waals surface area contributed by atoms with Crippen molar-refractivity contribution < 1.29 is 0 Å². The molecule has 2 aliphatic heterocycles. The van der Waals surface area contributed by atoms with Crippen LogP contribution in [0.3, 0.4) is 0 Å². The van der Waals surface area contributed by atoms with Gasteiger partial charge in [-0.1, -0.05) is 231 Å². The Labute approximate surface area is 545 Å². The van der Waals surface area contributed by atoms with Crippen molar-refractivity contribution in [2.75, 3.05) is 9.80 Å². The Morgan fingerprint density at radius 1 is 0.383 bits per heavy atom. The van der Waals surface area contributed by atoms with Crippen LogP contribution in [0, 0.1) is 0 Å². The summed E-state index contributed by atoms with van der Waals surface area (Å²) in [6, 6.07) is 112. The minimum atomic E-state index is -0.685. The fourth-order valence-electron chi connectivity index (χ4n) is 16.7. The van der Waals surface area contributed by atoms with Crippen LogP contribution in [-0.4, -0.2) is 21.3 Å². The van der Waals surface area contributed by atoms with Crippen molar-refractivity contribution in [3.05, 3.63) is 366 Å². The van der Waals surface area contributed by atoms with E-state index < -0.39 is 10.8 Å². The minimum Gasteiger partial charge on any atom is -0.310 e. The van der Waals surface area contributed by atoms with Gasteiger partial charge in [0.05, 0.1) is 55.8 Å². The maximum atomic E-state index is 5.35. The van der Waals surface area contributed by atoms with Crippen LogP contribution in [0.4, 0.5) is 39.8 Å². The highest BCUT2D eigenvalue weighted by Gasteiger charge is 2.54. The number of hydrogen-bond donors (Lipinski definition) is 0. The monoisotopic (exact) mass is 1200 g/mol. The molecule has 0 fully saturated rings. The molecule has 1 unspecified atom stereocenters. The number of rotatable bonds is 8. The summed E-state index contributed by atoms with van der Waals surface area (Å²) in [6.07, 6.45) is 6.08. The first-order chi connectivity index (χ1) is 46.6. The number of aliphatic imine (C=N–C) groups is 1. The number of para-hydroxylation sites is 7. The van der Waals surface area contributed by atoms with Crippen LogP contribution in [0.1, 0.15) is 57.0 Å². The van der Waals surface area contributed by atoms with Crippen molar-refractivity contribution in [1.82, 2.24) is 14.5 Å². The zero-order chi connectivity index (χ0) is 62.2. The van der Waals surface area contributed by atoms with Gasteiger partial charge in [0, 0.05) is 45.3 Å². The second kappa shape index (κ2) is 20.6. The Morgan fingerprint density at radius 2 is 0.926 bits per heavy atom. The summed E-state index contributed by atoms with van der Waals surface area (Å²) in [5.41, 5.74) is 31.6. The molecule has 0 amide bonds. The highest BCUT2D eigenvalue weighted by atomic mass is 15.2. The van der Waals surface area contributed by atoms with E-state index in [0.717, 1.165) is 101 Å². The van der Waals surface area contributed by atoms with E-state index in [2.05, 4.69) is 335 Å². The van der Waals surface area contributed by atoms with E-state index in [9.17, 15) is 0 Å². The summed E-state index contributed by atoms with van der Waals surface area (Å²) in [6.45, 7) is 5.96. The van der Waals surface area contributed by atoms with Crippen molar-refractivity contribution >= 4 is 74.5 Å². The van der Waals surface area contributed by atoms with Gasteiger partial charge < -0.3 is 9.80 Å². The van der Waals surface area contributed by atoms with E-state index in [1.54, 1.807) is 0 Å². The third kappa shape index (κ3) is 7.39. The van der Waals surface area contributed by atoms with E-state index in [-0.39, 0.29) is 0 Å².